The van der Waals surface area contributed by atoms with E-state index in [1.807, 2.05) is 55.6 Å². The number of nitrogens with one attached hydrogen (secondary N) is 4. The van der Waals surface area contributed by atoms with Crippen LogP contribution in [-0.4, -0.2) is 51.0 Å². The smallest absolute Gasteiger partial charge is 0.228 e. The second-order valence-corrected chi connectivity index (χ2v) is 9.42. The molecule has 0 aliphatic carbocycles. The van der Waals surface area contributed by atoms with Gasteiger partial charge in [0, 0.05) is 29.5 Å². The predicted molar refractivity (Wildman–Crippen MR) is 151 cm³/mol. The zero-order valence-corrected chi connectivity index (χ0v) is 21.3. The van der Waals surface area contributed by atoms with Crippen LogP contribution in [0.2, 0.25) is 0 Å². The molecule has 7 aromatic rings. The lowest BCUT2D eigenvalue weighted by Crippen LogP contribution is -2.14. The standard InChI is InChI=1S/C29H22N10O/c1-16-10-33-28(34-16)21-13-31-14-24-26(21)37-29(36-24)27-20-9-22(32-15-23(20)38-39-27)18-8-19(12-30-11-18)35-25(40)7-17-5-3-2-4-6-17/h2-6,8-15H,7H2,1H3,(H,33,34)(H,35,40)(H,36,37)(H,38,39). The maximum Gasteiger partial charge on any atom is 0.228 e. The molecule has 0 aliphatic rings. The Hall–Kier alpha value is -5.71. The van der Waals surface area contributed by atoms with Gasteiger partial charge in [-0.2, -0.15) is 5.10 Å². The molecule has 6 aromatic heterocycles. The molecule has 0 fully saturated rings. The molecule has 6 heterocycles. The maximum atomic E-state index is 12.6. The van der Waals surface area contributed by atoms with Gasteiger partial charge in [-0.15, -0.1) is 0 Å². The van der Waals surface area contributed by atoms with Crippen LogP contribution in [0.25, 0.3) is 56.1 Å². The van der Waals surface area contributed by atoms with Crippen molar-refractivity contribution in [3.8, 4) is 34.2 Å². The normalized spacial score (nSPS) is 11.3. The number of H-pyrrole nitrogens is 3. The molecule has 0 saturated carbocycles. The van der Waals surface area contributed by atoms with E-state index in [1.54, 1.807) is 31.0 Å². The highest BCUT2D eigenvalue weighted by Gasteiger charge is 2.18. The maximum absolute atomic E-state index is 12.6. The molecule has 1 amide bonds. The molecule has 0 atom stereocenters. The van der Waals surface area contributed by atoms with E-state index in [1.165, 1.54) is 0 Å². The second kappa shape index (κ2) is 9.55. The molecule has 0 bridgehead atoms. The number of fused-ring (bicyclic) bond motifs is 2. The lowest BCUT2D eigenvalue weighted by Gasteiger charge is -2.07. The SMILES string of the molecule is Cc1c[nH]c(-c2cncc3[nH]c(-c4n[nH]c5cnc(-c6cncc(NC(=O)Cc7ccccc7)c6)cc45)nc23)n1. The molecule has 0 saturated heterocycles. The van der Waals surface area contributed by atoms with Gasteiger partial charge in [0.05, 0.1) is 58.7 Å². The molecule has 0 radical (unpaired) electrons. The summed E-state index contributed by atoms with van der Waals surface area (Å²) in [5, 5.41) is 11.3. The molecule has 40 heavy (non-hydrogen) atoms. The number of amides is 1. The molecule has 0 aliphatic heterocycles. The van der Waals surface area contributed by atoms with Crippen molar-refractivity contribution in [2.75, 3.05) is 5.32 Å². The number of pyridine rings is 3. The number of aromatic amines is 3. The van der Waals surface area contributed by atoms with Gasteiger partial charge in [0.15, 0.2) is 5.82 Å². The molecule has 0 unspecified atom stereocenters. The number of nitrogens with zero attached hydrogens (tertiary/aromatic N) is 6. The number of carbonyl (C=O) groups is 1. The zero-order chi connectivity index (χ0) is 27.1. The first kappa shape index (κ1) is 23.4. The molecule has 194 valence electrons. The van der Waals surface area contributed by atoms with Gasteiger partial charge >= 0.3 is 0 Å². The van der Waals surface area contributed by atoms with Crippen LogP contribution in [0.15, 0.2) is 79.6 Å². The minimum Gasteiger partial charge on any atom is -0.344 e. The van der Waals surface area contributed by atoms with Crippen LogP contribution in [0.3, 0.4) is 0 Å². The molecule has 11 heteroatoms. The third kappa shape index (κ3) is 4.35. The van der Waals surface area contributed by atoms with E-state index in [4.69, 9.17) is 4.98 Å². The minimum absolute atomic E-state index is 0.117. The Morgan fingerprint density at radius 3 is 2.65 bits per heavy atom. The fourth-order valence-corrected chi connectivity index (χ4v) is 4.66. The van der Waals surface area contributed by atoms with Crippen LogP contribution in [0, 0.1) is 6.92 Å². The minimum atomic E-state index is -0.117. The summed E-state index contributed by atoms with van der Waals surface area (Å²) in [5.74, 6) is 1.18. The number of rotatable bonds is 6. The monoisotopic (exact) mass is 526 g/mol. The highest BCUT2D eigenvalue weighted by Crippen LogP contribution is 2.31. The lowest BCUT2D eigenvalue weighted by atomic mass is 10.1. The summed E-state index contributed by atoms with van der Waals surface area (Å²) >= 11 is 0. The number of imidazole rings is 2. The Kier molecular flexibility index (Phi) is 5.59. The van der Waals surface area contributed by atoms with Crippen molar-refractivity contribution in [2.45, 2.75) is 13.3 Å². The predicted octanol–water partition coefficient (Wildman–Crippen LogP) is 4.84. The van der Waals surface area contributed by atoms with Crippen molar-refractivity contribution in [1.82, 2.24) is 45.1 Å². The van der Waals surface area contributed by atoms with Crippen LogP contribution in [0.5, 0.6) is 0 Å². The van der Waals surface area contributed by atoms with Gasteiger partial charge in [0.25, 0.3) is 0 Å². The number of aromatic nitrogens is 9. The van der Waals surface area contributed by atoms with Crippen LogP contribution in [0.1, 0.15) is 11.3 Å². The summed E-state index contributed by atoms with van der Waals surface area (Å²) in [7, 11) is 0. The van der Waals surface area contributed by atoms with E-state index in [0.29, 0.717) is 28.7 Å². The number of hydrogen-bond acceptors (Lipinski definition) is 7. The molecular weight excluding hydrogens is 504 g/mol. The van der Waals surface area contributed by atoms with Gasteiger partial charge in [-0.3, -0.25) is 24.8 Å². The number of aryl methyl sites for hydroxylation is 1. The van der Waals surface area contributed by atoms with Gasteiger partial charge in [-0.05, 0) is 24.6 Å². The van der Waals surface area contributed by atoms with E-state index in [2.05, 4.69) is 45.4 Å². The Morgan fingerprint density at radius 1 is 0.925 bits per heavy atom. The van der Waals surface area contributed by atoms with Crippen molar-refractivity contribution in [3.63, 3.8) is 0 Å². The first-order valence-corrected chi connectivity index (χ1v) is 12.6. The summed E-state index contributed by atoms with van der Waals surface area (Å²) in [5.41, 5.74) is 7.60. The number of anilines is 1. The largest absolute Gasteiger partial charge is 0.344 e. The summed E-state index contributed by atoms with van der Waals surface area (Å²) in [4.78, 5) is 41.7. The van der Waals surface area contributed by atoms with E-state index >= 15 is 0 Å². The summed E-state index contributed by atoms with van der Waals surface area (Å²) in [6.07, 6.45) is 10.7. The van der Waals surface area contributed by atoms with Crippen molar-refractivity contribution < 1.29 is 4.79 Å². The average Bonchev–Trinajstić information content (AvgIpc) is 3.71. The Bertz CT molecular complexity index is 2000. The van der Waals surface area contributed by atoms with Crippen molar-refractivity contribution in [1.29, 1.82) is 0 Å². The quantitative estimate of drug-likeness (QED) is 0.242. The van der Waals surface area contributed by atoms with Crippen LogP contribution >= 0.6 is 0 Å². The van der Waals surface area contributed by atoms with Crippen LogP contribution in [0.4, 0.5) is 5.69 Å². The van der Waals surface area contributed by atoms with Gasteiger partial charge in [0.1, 0.15) is 17.0 Å². The summed E-state index contributed by atoms with van der Waals surface area (Å²) < 4.78 is 0. The van der Waals surface area contributed by atoms with E-state index < -0.39 is 0 Å². The second-order valence-electron chi connectivity index (χ2n) is 9.42. The summed E-state index contributed by atoms with van der Waals surface area (Å²) in [6.45, 7) is 1.93. The van der Waals surface area contributed by atoms with Gasteiger partial charge in [-0.1, -0.05) is 30.3 Å². The fourth-order valence-electron chi connectivity index (χ4n) is 4.66. The molecule has 11 nitrogen and oxygen atoms in total. The number of carbonyl (C=O) groups excluding carboxylic acids is 1. The van der Waals surface area contributed by atoms with Gasteiger partial charge < -0.3 is 15.3 Å². The third-order valence-corrected chi connectivity index (χ3v) is 6.55. The fraction of sp³-hybridized carbons (Fsp3) is 0.0690. The molecule has 1 aromatic carbocycles. The van der Waals surface area contributed by atoms with Crippen molar-refractivity contribution in [3.05, 3.63) is 90.9 Å². The van der Waals surface area contributed by atoms with E-state index in [-0.39, 0.29) is 12.3 Å². The topological polar surface area (TPSA) is 154 Å². The van der Waals surface area contributed by atoms with Crippen molar-refractivity contribution >= 4 is 33.5 Å². The molecular formula is C29H22N10O. The Labute approximate surface area is 227 Å². The lowest BCUT2D eigenvalue weighted by molar-refractivity contribution is -0.115. The van der Waals surface area contributed by atoms with E-state index in [9.17, 15) is 4.79 Å². The third-order valence-electron chi connectivity index (χ3n) is 6.55. The first-order valence-electron chi connectivity index (χ1n) is 12.6. The average molecular weight is 527 g/mol. The Balaban J connectivity index is 1.21. The Morgan fingerprint density at radius 2 is 1.80 bits per heavy atom. The molecule has 4 N–H and O–H groups in total. The highest BCUT2D eigenvalue weighted by atomic mass is 16.1. The van der Waals surface area contributed by atoms with E-state index in [0.717, 1.165) is 44.3 Å². The number of benzene rings is 1. The van der Waals surface area contributed by atoms with Crippen LogP contribution in [-0.2, 0) is 11.2 Å². The molecule has 7 rings (SSSR count). The highest BCUT2D eigenvalue weighted by molar-refractivity contribution is 5.97. The van der Waals surface area contributed by atoms with Gasteiger partial charge in [0.2, 0.25) is 5.91 Å². The van der Waals surface area contributed by atoms with Crippen molar-refractivity contribution in [2.24, 2.45) is 0 Å². The zero-order valence-electron chi connectivity index (χ0n) is 21.3. The summed E-state index contributed by atoms with van der Waals surface area (Å²) in [6, 6.07) is 13.4. The molecule has 0 spiro atoms. The number of hydrogen-bond donors (Lipinski definition) is 4. The van der Waals surface area contributed by atoms with Crippen LogP contribution < -0.4 is 5.32 Å². The van der Waals surface area contributed by atoms with Gasteiger partial charge in [-0.25, -0.2) is 9.97 Å². The first-order chi connectivity index (χ1) is 19.6.